The normalized spacial score (nSPS) is 12.8. The molecule has 0 heterocycles. The summed E-state index contributed by atoms with van der Waals surface area (Å²) in [6.07, 6.45) is -3.40. The number of ether oxygens (including phenoxy) is 1. The molecule has 0 aromatic heterocycles. The fraction of sp³-hybridized carbons (Fsp3) is 1.00. The zero-order valence-corrected chi connectivity index (χ0v) is 10.4. The Morgan fingerprint density at radius 2 is 1.88 bits per heavy atom. The summed E-state index contributed by atoms with van der Waals surface area (Å²) in [5.74, 6) is 0.562. The molecule has 0 saturated carbocycles. The third-order valence-corrected chi connectivity index (χ3v) is 2.37. The standard InChI is InChI=1S/C10H19ClF3NO/c1-9(2)15(5-3-4-11)6-7-16-8-10(12,13)14/h9H,3-8H2,1-2H3. The van der Waals surface area contributed by atoms with Crippen LogP contribution in [0.25, 0.3) is 0 Å². The molecule has 0 bridgehead atoms. The van der Waals surface area contributed by atoms with Crippen LogP contribution in [-0.2, 0) is 4.74 Å². The van der Waals surface area contributed by atoms with E-state index in [0.29, 0.717) is 12.4 Å². The highest BCUT2D eigenvalue weighted by atomic mass is 35.5. The van der Waals surface area contributed by atoms with Crippen molar-refractivity contribution in [2.45, 2.75) is 32.5 Å². The first kappa shape index (κ1) is 16.0. The van der Waals surface area contributed by atoms with Crippen molar-refractivity contribution < 1.29 is 17.9 Å². The van der Waals surface area contributed by atoms with Gasteiger partial charge in [0.05, 0.1) is 6.61 Å². The molecule has 0 fully saturated rings. The van der Waals surface area contributed by atoms with Crippen molar-refractivity contribution in [1.82, 2.24) is 4.90 Å². The number of hydrogen-bond donors (Lipinski definition) is 0. The van der Waals surface area contributed by atoms with Crippen molar-refractivity contribution in [3.8, 4) is 0 Å². The maximum absolute atomic E-state index is 11.8. The van der Waals surface area contributed by atoms with Gasteiger partial charge < -0.3 is 4.74 Å². The lowest BCUT2D eigenvalue weighted by atomic mass is 10.3. The molecule has 0 N–H and O–H groups in total. The van der Waals surface area contributed by atoms with E-state index < -0.39 is 12.8 Å². The van der Waals surface area contributed by atoms with E-state index in [2.05, 4.69) is 9.64 Å². The molecule has 0 aromatic rings. The summed E-state index contributed by atoms with van der Waals surface area (Å²) in [4.78, 5) is 2.05. The molecule has 0 aliphatic heterocycles. The Bertz CT molecular complexity index is 176. The number of nitrogens with zero attached hydrogens (tertiary/aromatic N) is 1. The second kappa shape index (κ2) is 8.14. The predicted octanol–water partition coefficient (Wildman–Crippen LogP) is 2.90. The van der Waals surface area contributed by atoms with Crippen LogP contribution in [0.3, 0.4) is 0 Å². The van der Waals surface area contributed by atoms with Crippen LogP contribution < -0.4 is 0 Å². The van der Waals surface area contributed by atoms with Crippen LogP contribution in [0.1, 0.15) is 20.3 Å². The Labute approximate surface area is 99.7 Å². The molecule has 0 aliphatic rings. The maximum Gasteiger partial charge on any atom is 0.411 e. The van der Waals surface area contributed by atoms with Gasteiger partial charge in [-0.3, -0.25) is 4.90 Å². The summed E-state index contributed by atoms with van der Waals surface area (Å²) in [6, 6.07) is 0.290. The number of halogens is 4. The average Bonchev–Trinajstić information content (AvgIpc) is 2.14. The highest BCUT2D eigenvalue weighted by Gasteiger charge is 2.27. The van der Waals surface area contributed by atoms with Crippen LogP contribution in [0.2, 0.25) is 0 Å². The van der Waals surface area contributed by atoms with Gasteiger partial charge in [0.15, 0.2) is 0 Å². The van der Waals surface area contributed by atoms with E-state index in [-0.39, 0.29) is 12.6 Å². The summed E-state index contributed by atoms with van der Waals surface area (Å²) in [5.41, 5.74) is 0. The summed E-state index contributed by atoms with van der Waals surface area (Å²) < 4.78 is 39.9. The third kappa shape index (κ3) is 9.24. The Kier molecular flexibility index (Phi) is 8.14. The van der Waals surface area contributed by atoms with Crippen molar-refractivity contribution >= 4 is 11.6 Å². The number of hydrogen-bond acceptors (Lipinski definition) is 2. The fourth-order valence-electron chi connectivity index (χ4n) is 1.26. The Morgan fingerprint density at radius 1 is 1.25 bits per heavy atom. The van der Waals surface area contributed by atoms with Gasteiger partial charge in [-0.15, -0.1) is 11.6 Å². The molecule has 6 heteroatoms. The van der Waals surface area contributed by atoms with Gasteiger partial charge in [-0.2, -0.15) is 13.2 Å². The largest absolute Gasteiger partial charge is 0.411 e. The lowest BCUT2D eigenvalue weighted by Gasteiger charge is -2.26. The topological polar surface area (TPSA) is 12.5 Å². The summed E-state index contributed by atoms with van der Waals surface area (Å²) in [6.45, 7) is 4.21. The third-order valence-electron chi connectivity index (χ3n) is 2.10. The van der Waals surface area contributed by atoms with Crippen molar-refractivity contribution in [2.24, 2.45) is 0 Å². The highest BCUT2D eigenvalue weighted by Crippen LogP contribution is 2.14. The van der Waals surface area contributed by atoms with Gasteiger partial charge in [0.2, 0.25) is 0 Å². The smallest absolute Gasteiger partial charge is 0.371 e. The summed E-state index contributed by atoms with van der Waals surface area (Å²) >= 11 is 5.56. The lowest BCUT2D eigenvalue weighted by Crippen LogP contribution is -2.35. The van der Waals surface area contributed by atoms with Crippen LogP contribution in [-0.4, -0.2) is 49.3 Å². The van der Waals surface area contributed by atoms with Crippen LogP contribution in [0.15, 0.2) is 0 Å². The highest BCUT2D eigenvalue weighted by molar-refractivity contribution is 6.17. The number of rotatable bonds is 8. The molecule has 0 unspecified atom stereocenters. The zero-order chi connectivity index (χ0) is 12.6. The Balaban J connectivity index is 3.68. The molecule has 16 heavy (non-hydrogen) atoms. The molecule has 0 amide bonds. The van der Waals surface area contributed by atoms with E-state index in [1.165, 1.54) is 0 Å². The SMILES string of the molecule is CC(C)N(CCCCl)CCOCC(F)(F)F. The molecule has 2 nitrogen and oxygen atoms in total. The van der Waals surface area contributed by atoms with E-state index in [4.69, 9.17) is 11.6 Å². The molecule has 0 radical (unpaired) electrons. The molecule has 0 aromatic carbocycles. The predicted molar refractivity (Wildman–Crippen MR) is 58.9 cm³/mol. The van der Waals surface area contributed by atoms with Crippen molar-refractivity contribution in [1.29, 1.82) is 0 Å². The van der Waals surface area contributed by atoms with Gasteiger partial charge in [-0.1, -0.05) is 0 Å². The molecule has 0 atom stereocenters. The summed E-state index contributed by atoms with van der Waals surface area (Å²) in [5, 5.41) is 0. The minimum Gasteiger partial charge on any atom is -0.371 e. The molecular weight excluding hydrogens is 243 g/mol. The second-order valence-corrected chi connectivity index (χ2v) is 4.22. The summed E-state index contributed by atoms with van der Waals surface area (Å²) in [7, 11) is 0. The van der Waals surface area contributed by atoms with E-state index in [1.807, 2.05) is 13.8 Å². The van der Waals surface area contributed by atoms with Gasteiger partial charge in [0, 0.05) is 18.5 Å². The fourth-order valence-corrected chi connectivity index (χ4v) is 1.38. The van der Waals surface area contributed by atoms with E-state index in [0.717, 1.165) is 13.0 Å². The molecule has 98 valence electrons. The van der Waals surface area contributed by atoms with Crippen LogP contribution in [0.5, 0.6) is 0 Å². The van der Waals surface area contributed by atoms with Gasteiger partial charge in [0.25, 0.3) is 0 Å². The molecule has 0 saturated heterocycles. The van der Waals surface area contributed by atoms with E-state index in [1.54, 1.807) is 0 Å². The Hall–Kier alpha value is -0.0000000000000000555. The van der Waals surface area contributed by atoms with Gasteiger partial charge in [0.1, 0.15) is 6.61 Å². The molecular formula is C10H19ClF3NO. The first-order chi connectivity index (χ1) is 7.37. The van der Waals surface area contributed by atoms with Crippen molar-refractivity contribution in [3.05, 3.63) is 0 Å². The first-order valence-electron chi connectivity index (χ1n) is 5.31. The molecule has 0 rings (SSSR count). The van der Waals surface area contributed by atoms with Gasteiger partial charge >= 0.3 is 6.18 Å². The first-order valence-corrected chi connectivity index (χ1v) is 5.84. The van der Waals surface area contributed by atoms with Crippen LogP contribution >= 0.6 is 11.6 Å². The number of alkyl halides is 4. The van der Waals surface area contributed by atoms with Crippen molar-refractivity contribution in [3.63, 3.8) is 0 Å². The lowest BCUT2D eigenvalue weighted by molar-refractivity contribution is -0.174. The van der Waals surface area contributed by atoms with Crippen LogP contribution in [0.4, 0.5) is 13.2 Å². The molecule has 0 aliphatic carbocycles. The second-order valence-electron chi connectivity index (χ2n) is 3.84. The minimum atomic E-state index is -4.24. The molecule has 0 spiro atoms. The Morgan fingerprint density at radius 3 is 2.31 bits per heavy atom. The minimum absolute atomic E-state index is 0.0972. The monoisotopic (exact) mass is 261 g/mol. The maximum atomic E-state index is 11.8. The van der Waals surface area contributed by atoms with Gasteiger partial charge in [-0.25, -0.2) is 0 Å². The van der Waals surface area contributed by atoms with Gasteiger partial charge in [-0.05, 0) is 26.8 Å². The van der Waals surface area contributed by atoms with Crippen molar-refractivity contribution in [2.75, 3.05) is 32.2 Å². The quantitative estimate of drug-likeness (QED) is 0.492. The van der Waals surface area contributed by atoms with E-state index >= 15 is 0 Å². The van der Waals surface area contributed by atoms with E-state index in [9.17, 15) is 13.2 Å². The zero-order valence-electron chi connectivity index (χ0n) is 9.69. The van der Waals surface area contributed by atoms with Crippen LogP contribution in [0, 0.1) is 0 Å². The average molecular weight is 262 g/mol.